The first-order valence-electron chi connectivity index (χ1n) is 13.8. The van der Waals surface area contributed by atoms with E-state index in [-0.39, 0.29) is 6.61 Å². The molecule has 4 rings (SSSR count). The van der Waals surface area contributed by atoms with Gasteiger partial charge in [0.1, 0.15) is 54.9 Å². The van der Waals surface area contributed by atoms with Crippen LogP contribution >= 0.6 is 11.6 Å². The second kappa shape index (κ2) is 14.9. The van der Waals surface area contributed by atoms with E-state index in [1.165, 1.54) is 0 Å². The van der Waals surface area contributed by atoms with Gasteiger partial charge in [-0.2, -0.15) is 0 Å². The highest BCUT2D eigenvalue weighted by atomic mass is 35.5. The highest BCUT2D eigenvalue weighted by molar-refractivity contribution is 6.33. The zero-order valence-corrected chi connectivity index (χ0v) is 23.9. The van der Waals surface area contributed by atoms with Crippen LogP contribution in [0.5, 0.6) is 0 Å². The van der Waals surface area contributed by atoms with Crippen molar-refractivity contribution >= 4 is 17.3 Å². The minimum Gasteiger partial charge on any atom is -0.398 e. The predicted octanol–water partition coefficient (Wildman–Crippen LogP) is -3.84. The fraction of sp³-hybridized carbons (Fsp3) is 0.769. The minimum absolute atomic E-state index is 0.0932. The average Bonchev–Trinajstić information content (AvgIpc) is 3.00. The molecule has 1 aromatic carbocycles. The van der Waals surface area contributed by atoms with Gasteiger partial charge < -0.3 is 80.1 Å². The smallest absolute Gasteiger partial charge is 0.187 e. The number of hydrogen-bond donors (Lipinski definition) is 10. The van der Waals surface area contributed by atoms with Gasteiger partial charge in [0, 0.05) is 5.92 Å². The highest BCUT2D eigenvalue weighted by Crippen LogP contribution is 2.33. The number of rotatable bonds is 10. The summed E-state index contributed by atoms with van der Waals surface area (Å²) in [5, 5.41) is 93.7. The van der Waals surface area contributed by atoms with Crippen LogP contribution in [-0.2, 0) is 35.0 Å². The Morgan fingerprint density at radius 3 is 1.67 bits per heavy atom. The molecule has 17 heteroatoms. The van der Waals surface area contributed by atoms with Crippen molar-refractivity contribution in [2.24, 2.45) is 5.92 Å². The van der Waals surface area contributed by atoms with Crippen LogP contribution in [0.3, 0.4) is 0 Å². The summed E-state index contributed by atoms with van der Waals surface area (Å²) in [5.74, 6) is -0.649. The number of anilines is 1. The Morgan fingerprint density at radius 2 is 1.16 bits per heavy atom. The highest BCUT2D eigenvalue weighted by Gasteiger charge is 2.53. The Hall–Kier alpha value is -1.29. The third kappa shape index (κ3) is 7.41. The fourth-order valence-corrected chi connectivity index (χ4v) is 5.37. The number of nitrogen functional groups attached to an aromatic ring is 1. The molecule has 43 heavy (non-hydrogen) atoms. The molecule has 0 saturated carbocycles. The topological polar surface area (TPSA) is 263 Å². The van der Waals surface area contributed by atoms with Crippen LogP contribution in [0.2, 0.25) is 5.02 Å². The molecule has 1 aromatic rings. The monoisotopic (exact) mass is 641 g/mol. The van der Waals surface area contributed by atoms with E-state index in [9.17, 15) is 46.0 Å². The van der Waals surface area contributed by atoms with Gasteiger partial charge in [0.25, 0.3) is 0 Å². The van der Waals surface area contributed by atoms with Crippen molar-refractivity contribution in [2.75, 3.05) is 25.6 Å². The standard InChI is InChI=1S/C26H40ClNO15/c1-9-13(5-29)39-25(19(35)16(9)32)42-23-15(7-31)41-26(21(37)18(23)34)43-22-14(6-30)40-24(20(36)17(22)33)38-8-10-2-3-11(27)12(28)4-10/h2-4,9,13-26,29-37H,5-8,28H2,1H3. The molecular weight excluding hydrogens is 602 g/mol. The molecule has 0 radical (unpaired) electrons. The van der Waals surface area contributed by atoms with E-state index >= 15 is 0 Å². The van der Waals surface area contributed by atoms with Gasteiger partial charge in [0.2, 0.25) is 0 Å². The second-order valence-corrected chi connectivity index (χ2v) is 11.3. The molecule has 16 nitrogen and oxygen atoms in total. The Kier molecular flexibility index (Phi) is 12.0. The first-order chi connectivity index (χ1) is 20.4. The Morgan fingerprint density at radius 1 is 0.698 bits per heavy atom. The largest absolute Gasteiger partial charge is 0.398 e. The van der Waals surface area contributed by atoms with Gasteiger partial charge in [-0.25, -0.2) is 0 Å². The molecule has 15 unspecified atom stereocenters. The molecule has 3 aliphatic heterocycles. The molecule has 3 heterocycles. The summed E-state index contributed by atoms with van der Waals surface area (Å²) in [6, 6.07) is 4.75. The summed E-state index contributed by atoms with van der Waals surface area (Å²) in [4.78, 5) is 0. The molecular formula is C26H40ClNO15. The number of hydrogen-bond acceptors (Lipinski definition) is 16. The lowest BCUT2D eigenvalue weighted by molar-refractivity contribution is -0.378. The summed E-state index contributed by atoms with van der Waals surface area (Å²) in [6.07, 6.45) is -21.3. The van der Waals surface area contributed by atoms with Gasteiger partial charge in [0.15, 0.2) is 18.9 Å². The van der Waals surface area contributed by atoms with Gasteiger partial charge in [-0.15, -0.1) is 0 Å². The molecule has 0 aromatic heterocycles. The van der Waals surface area contributed by atoms with Crippen LogP contribution in [0, 0.1) is 5.92 Å². The number of aliphatic hydroxyl groups is 9. The van der Waals surface area contributed by atoms with Crippen LogP contribution in [0.25, 0.3) is 0 Å². The van der Waals surface area contributed by atoms with E-state index in [1.807, 2.05) is 0 Å². The number of nitrogens with two attached hydrogens (primary N) is 1. The molecule has 0 aliphatic carbocycles. The summed E-state index contributed by atoms with van der Waals surface area (Å²) in [6.45, 7) is -0.533. The van der Waals surface area contributed by atoms with Gasteiger partial charge in [-0.1, -0.05) is 24.6 Å². The van der Waals surface area contributed by atoms with Gasteiger partial charge in [-0.3, -0.25) is 0 Å². The van der Waals surface area contributed by atoms with E-state index in [1.54, 1.807) is 25.1 Å². The van der Waals surface area contributed by atoms with Crippen molar-refractivity contribution in [3.63, 3.8) is 0 Å². The molecule has 0 bridgehead atoms. The van der Waals surface area contributed by atoms with E-state index in [0.717, 1.165) is 0 Å². The van der Waals surface area contributed by atoms with Crippen LogP contribution in [0.1, 0.15) is 12.5 Å². The number of aliphatic hydroxyl groups excluding tert-OH is 9. The molecule has 15 atom stereocenters. The lowest BCUT2D eigenvalue weighted by Crippen LogP contribution is -2.66. The second-order valence-electron chi connectivity index (χ2n) is 10.8. The Labute approximate surface area is 251 Å². The number of benzene rings is 1. The van der Waals surface area contributed by atoms with Crippen molar-refractivity contribution < 1.29 is 74.4 Å². The number of ether oxygens (including phenoxy) is 6. The molecule has 3 aliphatic rings. The Balaban J connectivity index is 1.40. The van der Waals surface area contributed by atoms with E-state index < -0.39 is 112 Å². The van der Waals surface area contributed by atoms with Gasteiger partial charge in [0.05, 0.1) is 49.3 Å². The van der Waals surface area contributed by atoms with Crippen molar-refractivity contribution in [1.29, 1.82) is 0 Å². The van der Waals surface area contributed by atoms with E-state index in [0.29, 0.717) is 16.3 Å². The molecule has 0 spiro atoms. The van der Waals surface area contributed by atoms with Crippen LogP contribution in [0.4, 0.5) is 5.69 Å². The molecule has 246 valence electrons. The first-order valence-corrected chi connectivity index (χ1v) is 14.1. The lowest BCUT2D eigenvalue weighted by Gasteiger charge is -2.48. The third-order valence-electron chi connectivity index (χ3n) is 7.94. The van der Waals surface area contributed by atoms with Crippen molar-refractivity contribution in [2.45, 2.75) is 99.5 Å². The third-order valence-corrected chi connectivity index (χ3v) is 8.29. The molecule has 3 saturated heterocycles. The summed E-state index contributed by atoms with van der Waals surface area (Å²) in [5.41, 5.74) is 6.68. The summed E-state index contributed by atoms with van der Waals surface area (Å²) >= 11 is 5.92. The molecule has 3 fully saturated rings. The SMILES string of the molecule is CC1C(CO)OC(OC2C(CO)OC(OC3C(CO)OC(OCc4ccc(Cl)c(N)c4)C(O)C3O)C(O)C2O)C(O)C1O. The van der Waals surface area contributed by atoms with Gasteiger partial charge >= 0.3 is 0 Å². The molecule has 11 N–H and O–H groups in total. The first kappa shape index (κ1) is 34.6. The maximum atomic E-state index is 10.9. The van der Waals surface area contributed by atoms with Crippen LogP contribution in [0.15, 0.2) is 18.2 Å². The fourth-order valence-electron chi connectivity index (χ4n) is 5.25. The summed E-state index contributed by atoms with van der Waals surface area (Å²) in [7, 11) is 0. The van der Waals surface area contributed by atoms with E-state index in [2.05, 4.69) is 0 Å². The van der Waals surface area contributed by atoms with Gasteiger partial charge in [-0.05, 0) is 17.7 Å². The zero-order chi connectivity index (χ0) is 31.6. The van der Waals surface area contributed by atoms with Crippen molar-refractivity contribution in [3.05, 3.63) is 28.8 Å². The van der Waals surface area contributed by atoms with Crippen LogP contribution in [-0.4, -0.2) is 152 Å². The predicted molar refractivity (Wildman–Crippen MR) is 143 cm³/mol. The maximum absolute atomic E-state index is 10.9. The molecule has 0 amide bonds. The average molecular weight is 642 g/mol. The lowest BCUT2D eigenvalue weighted by atomic mass is 9.91. The maximum Gasteiger partial charge on any atom is 0.187 e. The van der Waals surface area contributed by atoms with E-state index in [4.69, 9.17) is 45.8 Å². The van der Waals surface area contributed by atoms with Crippen molar-refractivity contribution in [3.8, 4) is 0 Å². The summed E-state index contributed by atoms with van der Waals surface area (Å²) < 4.78 is 33.6. The zero-order valence-electron chi connectivity index (χ0n) is 23.2. The quantitative estimate of drug-likeness (QED) is 0.110. The minimum atomic E-state index is -1.88. The Bertz CT molecular complexity index is 1040. The normalized spacial score (nSPS) is 43.9. The van der Waals surface area contributed by atoms with Crippen molar-refractivity contribution in [1.82, 2.24) is 0 Å². The number of halogens is 1. The van der Waals surface area contributed by atoms with Crippen LogP contribution < -0.4 is 5.73 Å².